The zero-order chi connectivity index (χ0) is 18.1. The normalized spacial score (nSPS) is 15.5. The highest BCUT2D eigenvalue weighted by molar-refractivity contribution is 7.14. The molecule has 1 aromatic heterocycles. The van der Waals surface area contributed by atoms with E-state index in [2.05, 4.69) is 36.3 Å². The van der Waals surface area contributed by atoms with Gasteiger partial charge in [-0.3, -0.25) is 10.1 Å². The molecule has 0 fully saturated rings. The number of nitrogens with zero attached hydrogens (tertiary/aromatic N) is 1. The Balaban J connectivity index is 1.46. The van der Waals surface area contributed by atoms with Crippen molar-refractivity contribution >= 4 is 22.4 Å². The zero-order valence-corrected chi connectivity index (χ0v) is 15.3. The number of carbonyl (C=O) groups excluding carboxylic acids is 1. The number of fused-ring (bicyclic) bond motifs is 1. The first-order chi connectivity index (χ1) is 12.6. The first-order valence-electron chi connectivity index (χ1n) is 8.32. The minimum Gasteiger partial charge on any atom is -0.485 e. The molecule has 4 rings (SSSR count). The summed E-state index contributed by atoms with van der Waals surface area (Å²) in [6, 6.07) is 13.5. The summed E-state index contributed by atoms with van der Waals surface area (Å²) in [5.41, 5.74) is 4.34. The lowest BCUT2D eigenvalue weighted by atomic mass is 10.1. The number of aromatic nitrogens is 1. The smallest absolute Gasteiger partial charge is 0.270 e. The molecule has 3 aromatic rings. The van der Waals surface area contributed by atoms with Crippen LogP contribution in [0.25, 0.3) is 11.3 Å². The van der Waals surface area contributed by atoms with E-state index in [1.807, 2.05) is 29.6 Å². The molecule has 0 saturated heterocycles. The molecule has 0 spiro atoms. The maximum Gasteiger partial charge on any atom is 0.270 e. The minimum absolute atomic E-state index is 0.179. The molecule has 2 heterocycles. The SMILES string of the molecule is Cc1ccc(-c2csc(NC(=O)[C@H]3COc4ccccc4O3)n2)cc1C. The second kappa shape index (κ2) is 6.80. The van der Waals surface area contributed by atoms with Crippen LogP contribution in [0.5, 0.6) is 11.5 Å². The van der Waals surface area contributed by atoms with Gasteiger partial charge in [0.1, 0.15) is 6.61 Å². The number of thiazole rings is 1. The number of aryl methyl sites for hydroxylation is 2. The molecule has 1 aliphatic heterocycles. The number of nitrogens with one attached hydrogen (secondary N) is 1. The van der Waals surface area contributed by atoms with E-state index in [4.69, 9.17) is 9.47 Å². The summed E-state index contributed by atoms with van der Waals surface area (Å²) in [5, 5.41) is 5.31. The number of hydrogen-bond donors (Lipinski definition) is 1. The summed E-state index contributed by atoms with van der Waals surface area (Å²) in [7, 11) is 0. The quantitative estimate of drug-likeness (QED) is 0.754. The van der Waals surface area contributed by atoms with Crippen molar-refractivity contribution in [3.8, 4) is 22.8 Å². The molecule has 0 unspecified atom stereocenters. The van der Waals surface area contributed by atoms with Crippen LogP contribution in [-0.2, 0) is 4.79 Å². The topological polar surface area (TPSA) is 60.5 Å². The maximum atomic E-state index is 12.5. The van der Waals surface area contributed by atoms with Crippen molar-refractivity contribution in [2.45, 2.75) is 20.0 Å². The van der Waals surface area contributed by atoms with Crippen LogP contribution in [0.3, 0.4) is 0 Å². The highest BCUT2D eigenvalue weighted by Crippen LogP contribution is 2.31. The zero-order valence-electron chi connectivity index (χ0n) is 14.5. The van der Waals surface area contributed by atoms with Crippen LogP contribution in [0.15, 0.2) is 47.8 Å². The standard InChI is InChI=1S/C20H18N2O3S/c1-12-7-8-14(9-13(12)2)15-11-26-20(21-15)22-19(23)18-10-24-16-5-3-4-6-17(16)25-18/h3-9,11,18H,10H2,1-2H3,(H,21,22,23)/t18-/m1/s1. The Hall–Kier alpha value is -2.86. The van der Waals surface area contributed by atoms with Gasteiger partial charge >= 0.3 is 0 Å². The van der Waals surface area contributed by atoms with E-state index in [0.717, 1.165) is 11.3 Å². The molecule has 132 valence electrons. The summed E-state index contributed by atoms with van der Waals surface area (Å²) in [4.78, 5) is 17.0. The number of rotatable bonds is 3. The fourth-order valence-electron chi connectivity index (χ4n) is 2.70. The van der Waals surface area contributed by atoms with Crippen LogP contribution in [0.1, 0.15) is 11.1 Å². The Morgan fingerprint density at radius 2 is 1.96 bits per heavy atom. The average molecular weight is 366 g/mol. The van der Waals surface area contributed by atoms with Gasteiger partial charge in [0.15, 0.2) is 16.6 Å². The van der Waals surface area contributed by atoms with Crippen LogP contribution in [-0.4, -0.2) is 23.6 Å². The number of ether oxygens (including phenoxy) is 2. The molecule has 26 heavy (non-hydrogen) atoms. The molecule has 1 N–H and O–H groups in total. The van der Waals surface area contributed by atoms with Crippen molar-refractivity contribution in [3.05, 3.63) is 59.0 Å². The lowest BCUT2D eigenvalue weighted by Gasteiger charge is -2.25. The third kappa shape index (κ3) is 3.28. The number of hydrogen-bond acceptors (Lipinski definition) is 5. The van der Waals surface area contributed by atoms with Gasteiger partial charge in [0.2, 0.25) is 6.10 Å². The largest absolute Gasteiger partial charge is 0.485 e. The predicted molar refractivity (Wildman–Crippen MR) is 102 cm³/mol. The van der Waals surface area contributed by atoms with E-state index >= 15 is 0 Å². The lowest BCUT2D eigenvalue weighted by Crippen LogP contribution is -2.40. The van der Waals surface area contributed by atoms with E-state index in [1.165, 1.54) is 22.5 Å². The van der Waals surface area contributed by atoms with Gasteiger partial charge in [0.05, 0.1) is 5.69 Å². The van der Waals surface area contributed by atoms with Gasteiger partial charge in [0, 0.05) is 10.9 Å². The van der Waals surface area contributed by atoms with Crippen molar-refractivity contribution in [1.29, 1.82) is 0 Å². The Morgan fingerprint density at radius 1 is 1.15 bits per heavy atom. The fourth-order valence-corrected chi connectivity index (χ4v) is 3.42. The van der Waals surface area contributed by atoms with E-state index in [1.54, 1.807) is 6.07 Å². The maximum absolute atomic E-state index is 12.5. The summed E-state index contributed by atoms with van der Waals surface area (Å²) in [6.07, 6.45) is -0.695. The predicted octanol–water partition coefficient (Wildman–Crippen LogP) is 4.21. The molecular weight excluding hydrogens is 348 g/mol. The second-order valence-corrected chi connectivity index (χ2v) is 7.05. The number of anilines is 1. The third-order valence-electron chi connectivity index (χ3n) is 4.34. The van der Waals surface area contributed by atoms with E-state index in [-0.39, 0.29) is 12.5 Å². The summed E-state index contributed by atoms with van der Waals surface area (Å²) in [5.74, 6) is 0.970. The van der Waals surface area contributed by atoms with Crippen LogP contribution in [0, 0.1) is 13.8 Å². The van der Waals surface area contributed by atoms with E-state index in [0.29, 0.717) is 16.6 Å². The first-order valence-corrected chi connectivity index (χ1v) is 9.20. The van der Waals surface area contributed by atoms with Crippen molar-refractivity contribution in [2.24, 2.45) is 0 Å². The van der Waals surface area contributed by atoms with Gasteiger partial charge in [-0.2, -0.15) is 0 Å². The Bertz CT molecular complexity index is 967. The number of benzene rings is 2. The highest BCUT2D eigenvalue weighted by Gasteiger charge is 2.27. The summed E-state index contributed by atoms with van der Waals surface area (Å²) >= 11 is 1.39. The highest BCUT2D eigenvalue weighted by atomic mass is 32.1. The van der Waals surface area contributed by atoms with Gasteiger partial charge in [-0.15, -0.1) is 11.3 Å². The Labute approximate surface area is 155 Å². The van der Waals surface area contributed by atoms with Gasteiger partial charge in [-0.05, 0) is 43.2 Å². The molecule has 1 amide bonds. The molecule has 1 atom stereocenters. The van der Waals surface area contributed by atoms with Crippen LogP contribution < -0.4 is 14.8 Å². The van der Waals surface area contributed by atoms with Gasteiger partial charge in [-0.1, -0.05) is 24.3 Å². The summed E-state index contributed by atoms with van der Waals surface area (Å²) in [6.45, 7) is 4.33. The van der Waals surface area contributed by atoms with E-state index < -0.39 is 6.10 Å². The number of para-hydroxylation sites is 2. The van der Waals surface area contributed by atoms with E-state index in [9.17, 15) is 4.79 Å². The first kappa shape index (κ1) is 16.6. The molecular formula is C20H18N2O3S. The molecule has 0 bridgehead atoms. The Morgan fingerprint density at radius 3 is 2.77 bits per heavy atom. The molecule has 0 aliphatic carbocycles. The van der Waals surface area contributed by atoms with Gasteiger partial charge in [0.25, 0.3) is 5.91 Å². The van der Waals surface area contributed by atoms with Crippen molar-refractivity contribution in [2.75, 3.05) is 11.9 Å². The molecule has 1 aliphatic rings. The Kier molecular flexibility index (Phi) is 4.34. The van der Waals surface area contributed by atoms with Crippen molar-refractivity contribution in [3.63, 3.8) is 0 Å². The number of carbonyl (C=O) groups is 1. The van der Waals surface area contributed by atoms with Gasteiger partial charge in [-0.25, -0.2) is 4.98 Å². The van der Waals surface area contributed by atoms with Gasteiger partial charge < -0.3 is 9.47 Å². The fraction of sp³-hybridized carbons (Fsp3) is 0.200. The average Bonchev–Trinajstić information content (AvgIpc) is 3.12. The molecule has 6 heteroatoms. The third-order valence-corrected chi connectivity index (χ3v) is 5.10. The molecule has 5 nitrogen and oxygen atoms in total. The summed E-state index contributed by atoms with van der Waals surface area (Å²) < 4.78 is 11.3. The van der Waals surface area contributed by atoms with Crippen LogP contribution in [0.2, 0.25) is 0 Å². The molecule has 0 radical (unpaired) electrons. The molecule has 0 saturated carbocycles. The second-order valence-electron chi connectivity index (χ2n) is 6.19. The number of amides is 1. The van der Waals surface area contributed by atoms with Crippen LogP contribution >= 0.6 is 11.3 Å². The molecule has 2 aromatic carbocycles. The monoisotopic (exact) mass is 366 g/mol. The van der Waals surface area contributed by atoms with Crippen molar-refractivity contribution < 1.29 is 14.3 Å². The van der Waals surface area contributed by atoms with Crippen molar-refractivity contribution in [1.82, 2.24) is 4.98 Å². The minimum atomic E-state index is -0.695. The van der Waals surface area contributed by atoms with Crippen LogP contribution in [0.4, 0.5) is 5.13 Å². The lowest BCUT2D eigenvalue weighted by molar-refractivity contribution is -0.125.